The van der Waals surface area contributed by atoms with Crippen LogP contribution in [0.15, 0.2) is 66.7 Å². The van der Waals surface area contributed by atoms with Gasteiger partial charge >= 0.3 is 18.3 Å². The van der Waals surface area contributed by atoms with Crippen molar-refractivity contribution < 1.29 is 40.3 Å². The third kappa shape index (κ3) is 6.41. The molecular weight excluding hydrogens is 607 g/mol. The van der Waals surface area contributed by atoms with Gasteiger partial charge in [0.1, 0.15) is 11.5 Å². The van der Waals surface area contributed by atoms with Crippen LogP contribution in [0.2, 0.25) is 0 Å². The van der Waals surface area contributed by atoms with Crippen molar-refractivity contribution in [1.29, 1.82) is 0 Å². The Morgan fingerprint density at radius 3 is 2.24 bits per heavy atom. The summed E-state index contributed by atoms with van der Waals surface area (Å²) in [6.45, 7) is -0.412. The van der Waals surface area contributed by atoms with E-state index in [0.29, 0.717) is 16.8 Å². The molecule has 0 fully saturated rings. The number of carbonyl (C=O) groups excluding carboxylic acids is 2. The molecule has 3 aromatic carbocycles. The fraction of sp³-hybridized carbons (Fsp3) is 0.258. The molecule has 0 radical (unpaired) electrons. The number of nitrogens with one attached hydrogen (secondary N) is 1. The largest absolute Gasteiger partial charge is 0.471 e. The van der Waals surface area contributed by atoms with Gasteiger partial charge in [-0.3, -0.25) is 9.59 Å². The van der Waals surface area contributed by atoms with Gasteiger partial charge in [-0.25, -0.2) is 9.07 Å². The molecular formula is C31H26F7N5O2. The lowest BCUT2D eigenvalue weighted by Crippen LogP contribution is -2.39. The van der Waals surface area contributed by atoms with E-state index in [2.05, 4.69) is 5.10 Å². The number of hydrogen-bond donors (Lipinski definition) is 1. The summed E-state index contributed by atoms with van der Waals surface area (Å²) < 4.78 is 96.9. The second-order valence-corrected chi connectivity index (χ2v) is 10.7. The number of benzene rings is 3. The Morgan fingerprint density at radius 1 is 0.933 bits per heavy atom. The molecule has 45 heavy (non-hydrogen) atoms. The second kappa shape index (κ2) is 12.0. The van der Waals surface area contributed by atoms with E-state index in [-0.39, 0.29) is 29.9 Å². The highest BCUT2D eigenvalue weighted by molar-refractivity contribution is 6.08. The van der Waals surface area contributed by atoms with Crippen molar-refractivity contribution >= 4 is 17.5 Å². The molecule has 0 atom stereocenters. The summed E-state index contributed by atoms with van der Waals surface area (Å²) in [5, 5.41) is 5.35. The highest BCUT2D eigenvalue weighted by Crippen LogP contribution is 2.38. The van der Waals surface area contributed by atoms with Gasteiger partial charge in [0.25, 0.3) is 5.91 Å². The Morgan fingerprint density at radius 2 is 1.60 bits per heavy atom. The molecule has 2 heterocycles. The van der Waals surface area contributed by atoms with Gasteiger partial charge in [0.05, 0.1) is 11.4 Å². The first-order valence-electron chi connectivity index (χ1n) is 13.6. The molecule has 0 unspecified atom stereocenters. The van der Waals surface area contributed by atoms with Crippen LogP contribution in [-0.4, -0.2) is 53.3 Å². The van der Waals surface area contributed by atoms with Crippen LogP contribution < -0.4 is 10.2 Å². The summed E-state index contributed by atoms with van der Waals surface area (Å²) in [5.74, 6) is -4.00. The Balaban J connectivity index is 1.55. The lowest BCUT2D eigenvalue weighted by Gasteiger charge is -2.28. The minimum absolute atomic E-state index is 0.0361. The molecule has 14 heteroatoms. The summed E-state index contributed by atoms with van der Waals surface area (Å²) in [5.41, 5.74) is -0.387. The third-order valence-corrected chi connectivity index (χ3v) is 7.26. The molecule has 4 aromatic rings. The van der Waals surface area contributed by atoms with Crippen molar-refractivity contribution in [1.82, 2.24) is 20.0 Å². The standard InChI is InChI=1S/C31H26F7N5O2/c1-41(2)17-20-8-3-5-9-21(20)18-11-12-25(23(32)15-18)42-14-13-22-26(28(42)44)43(40-27(22)30(33,34)35)24-10-6-4-7-19(24)16-39-29(45)31(36,37)38/h3-12,15H,13-14,16-17H2,1-2H3,(H,39,45). The zero-order chi connectivity index (χ0) is 32.7. The smallest absolute Gasteiger partial charge is 0.344 e. The Kier molecular flexibility index (Phi) is 8.45. The number of carbonyl (C=O) groups is 2. The average molecular weight is 634 g/mol. The maximum absolute atomic E-state index is 15.7. The molecule has 0 bridgehead atoms. The predicted octanol–water partition coefficient (Wildman–Crippen LogP) is 6.14. The minimum Gasteiger partial charge on any atom is -0.344 e. The molecule has 1 aliphatic rings. The van der Waals surface area contributed by atoms with Crippen LogP contribution in [-0.2, 0) is 30.5 Å². The van der Waals surface area contributed by atoms with E-state index in [1.165, 1.54) is 36.4 Å². The number of aromatic nitrogens is 2. The molecule has 0 saturated carbocycles. The first-order chi connectivity index (χ1) is 21.2. The second-order valence-electron chi connectivity index (χ2n) is 10.7. The number of rotatable bonds is 7. The van der Waals surface area contributed by atoms with Crippen LogP contribution in [0.5, 0.6) is 0 Å². The molecule has 2 amide bonds. The maximum atomic E-state index is 15.7. The first kappa shape index (κ1) is 31.7. The van der Waals surface area contributed by atoms with E-state index in [1.807, 2.05) is 43.3 Å². The molecule has 0 aliphatic carbocycles. The van der Waals surface area contributed by atoms with E-state index in [0.717, 1.165) is 16.0 Å². The van der Waals surface area contributed by atoms with Gasteiger partial charge in [-0.2, -0.15) is 31.4 Å². The normalized spacial score (nSPS) is 13.7. The van der Waals surface area contributed by atoms with Crippen LogP contribution in [0.4, 0.5) is 36.4 Å². The van der Waals surface area contributed by atoms with Crippen molar-refractivity contribution in [2.45, 2.75) is 31.9 Å². The van der Waals surface area contributed by atoms with Gasteiger partial charge in [0.2, 0.25) is 0 Å². The average Bonchev–Trinajstić information content (AvgIpc) is 3.37. The molecule has 0 spiro atoms. The van der Waals surface area contributed by atoms with Crippen LogP contribution in [0.25, 0.3) is 16.8 Å². The predicted molar refractivity (Wildman–Crippen MR) is 151 cm³/mol. The Hall–Kier alpha value is -4.72. The van der Waals surface area contributed by atoms with E-state index < -0.39 is 53.5 Å². The monoisotopic (exact) mass is 633 g/mol. The number of fused-ring (bicyclic) bond motifs is 1. The van der Waals surface area contributed by atoms with Crippen molar-refractivity contribution in [2.24, 2.45) is 0 Å². The van der Waals surface area contributed by atoms with Crippen molar-refractivity contribution in [3.05, 3.63) is 101 Å². The van der Waals surface area contributed by atoms with Crippen molar-refractivity contribution in [3.8, 4) is 16.8 Å². The maximum Gasteiger partial charge on any atom is 0.471 e. The van der Waals surface area contributed by atoms with Crippen molar-refractivity contribution in [2.75, 3.05) is 25.5 Å². The number of nitrogens with zero attached hydrogens (tertiary/aromatic N) is 4. The summed E-state index contributed by atoms with van der Waals surface area (Å²) in [4.78, 5) is 28.2. The molecule has 1 N–H and O–H groups in total. The topological polar surface area (TPSA) is 70.5 Å². The molecule has 5 rings (SSSR count). The number of alkyl halides is 6. The number of amides is 2. The van der Waals surface area contributed by atoms with Gasteiger partial charge in [-0.1, -0.05) is 48.5 Å². The lowest BCUT2D eigenvalue weighted by atomic mass is 9.98. The molecule has 1 aromatic heterocycles. The number of halogens is 7. The van der Waals surface area contributed by atoms with Crippen LogP contribution >= 0.6 is 0 Å². The van der Waals surface area contributed by atoms with Gasteiger partial charge in [-0.05, 0) is 61.0 Å². The SMILES string of the molecule is CN(C)Cc1ccccc1-c1ccc(N2CCc3c(C(F)(F)F)nn(-c4ccccc4CNC(=O)C(F)(F)F)c3C2=O)c(F)c1. The zero-order valence-electron chi connectivity index (χ0n) is 23.9. The van der Waals surface area contributed by atoms with E-state index in [1.54, 1.807) is 11.4 Å². The molecule has 7 nitrogen and oxygen atoms in total. The van der Waals surface area contributed by atoms with E-state index in [9.17, 15) is 35.9 Å². The summed E-state index contributed by atoms with van der Waals surface area (Å²) in [7, 11) is 3.78. The van der Waals surface area contributed by atoms with Crippen LogP contribution in [0, 0.1) is 5.82 Å². The van der Waals surface area contributed by atoms with Crippen molar-refractivity contribution in [3.63, 3.8) is 0 Å². The van der Waals surface area contributed by atoms with Crippen LogP contribution in [0.1, 0.15) is 32.9 Å². The fourth-order valence-electron chi connectivity index (χ4n) is 5.31. The fourth-order valence-corrected chi connectivity index (χ4v) is 5.31. The van der Waals surface area contributed by atoms with E-state index >= 15 is 4.39 Å². The third-order valence-electron chi connectivity index (χ3n) is 7.26. The quantitative estimate of drug-likeness (QED) is 0.249. The highest BCUT2D eigenvalue weighted by atomic mass is 19.4. The summed E-state index contributed by atoms with van der Waals surface area (Å²) in [6.07, 6.45) is -10.5. The van der Waals surface area contributed by atoms with Gasteiger partial charge in [-0.15, -0.1) is 0 Å². The molecule has 1 aliphatic heterocycles. The summed E-state index contributed by atoms with van der Waals surface area (Å²) >= 11 is 0. The zero-order valence-corrected chi connectivity index (χ0v) is 23.9. The van der Waals surface area contributed by atoms with Crippen LogP contribution in [0.3, 0.4) is 0 Å². The van der Waals surface area contributed by atoms with Gasteiger partial charge in [0.15, 0.2) is 5.69 Å². The Bertz CT molecular complexity index is 1760. The van der Waals surface area contributed by atoms with E-state index in [4.69, 9.17) is 0 Å². The van der Waals surface area contributed by atoms with Gasteiger partial charge in [0, 0.05) is 25.2 Å². The molecule has 0 saturated heterocycles. The molecule has 236 valence electrons. The highest BCUT2D eigenvalue weighted by Gasteiger charge is 2.44. The first-order valence-corrected chi connectivity index (χ1v) is 13.6. The number of hydrogen-bond acceptors (Lipinski definition) is 4. The summed E-state index contributed by atoms with van der Waals surface area (Å²) in [6, 6.07) is 17.0. The van der Waals surface area contributed by atoms with Gasteiger partial charge < -0.3 is 15.1 Å². The minimum atomic E-state index is -5.19. The number of anilines is 1. The Labute approximate surface area is 252 Å². The number of para-hydroxylation sites is 1. The lowest BCUT2D eigenvalue weighted by molar-refractivity contribution is -0.173.